The molecule has 0 aliphatic carbocycles. The molecule has 6 heteroatoms. The van der Waals surface area contributed by atoms with Crippen LogP contribution in [0.1, 0.15) is 26.5 Å². The number of aromatic amines is 1. The summed E-state index contributed by atoms with van der Waals surface area (Å²) in [5.41, 5.74) is 1.94. The van der Waals surface area contributed by atoms with Crippen LogP contribution < -0.4 is 5.32 Å². The molecule has 1 amide bonds. The molecule has 2 heterocycles. The molecule has 0 aliphatic rings. The molecule has 2 rings (SSSR count). The van der Waals surface area contributed by atoms with Crippen molar-refractivity contribution in [1.29, 1.82) is 0 Å². The number of hydrogen-bond acceptors (Lipinski definition) is 4. The molecule has 2 N–H and O–H groups in total. The molecule has 0 saturated carbocycles. The Bertz CT molecular complexity index is 572. The average Bonchev–Trinajstić information content (AvgIpc) is 2.83. The first-order valence-electron chi connectivity index (χ1n) is 6.36. The zero-order valence-electron chi connectivity index (χ0n) is 11.8. The van der Waals surface area contributed by atoms with Gasteiger partial charge in [0.25, 0.3) is 0 Å². The first-order chi connectivity index (χ1) is 9.46. The minimum absolute atomic E-state index is 0.306. The van der Waals surface area contributed by atoms with E-state index in [1.807, 2.05) is 39.0 Å². The Balaban J connectivity index is 2.02. The molecule has 0 radical (unpaired) electrons. The second kappa shape index (κ2) is 5.73. The Morgan fingerprint density at radius 2 is 2.20 bits per heavy atom. The monoisotopic (exact) mass is 274 g/mol. The molecule has 6 nitrogen and oxygen atoms in total. The number of carbonyl (C=O) groups is 1. The van der Waals surface area contributed by atoms with Crippen LogP contribution in [-0.4, -0.2) is 26.9 Å². The van der Waals surface area contributed by atoms with Crippen molar-refractivity contribution in [2.75, 3.05) is 0 Å². The lowest BCUT2D eigenvalue weighted by atomic mass is 10.1. The number of nitrogens with one attached hydrogen (secondary N) is 2. The molecule has 0 bridgehead atoms. The van der Waals surface area contributed by atoms with Gasteiger partial charge in [0, 0.05) is 11.8 Å². The second-order valence-corrected chi connectivity index (χ2v) is 5.33. The molecule has 20 heavy (non-hydrogen) atoms. The van der Waals surface area contributed by atoms with E-state index in [1.165, 1.54) is 0 Å². The highest BCUT2D eigenvalue weighted by molar-refractivity contribution is 5.68. The molecule has 0 aromatic carbocycles. The van der Waals surface area contributed by atoms with Crippen LogP contribution in [0.25, 0.3) is 11.3 Å². The maximum absolute atomic E-state index is 11.6. The largest absolute Gasteiger partial charge is 0.444 e. The van der Waals surface area contributed by atoms with Gasteiger partial charge in [-0.2, -0.15) is 5.10 Å². The lowest BCUT2D eigenvalue weighted by molar-refractivity contribution is 0.0523. The molecule has 2 aromatic heterocycles. The quantitative estimate of drug-likeness (QED) is 0.901. The van der Waals surface area contributed by atoms with Gasteiger partial charge >= 0.3 is 6.09 Å². The summed E-state index contributed by atoms with van der Waals surface area (Å²) < 4.78 is 5.18. The van der Waals surface area contributed by atoms with Crippen LogP contribution in [0.2, 0.25) is 0 Å². The highest BCUT2D eigenvalue weighted by atomic mass is 16.6. The number of hydrogen-bond donors (Lipinski definition) is 2. The zero-order chi connectivity index (χ0) is 14.6. The van der Waals surface area contributed by atoms with E-state index in [-0.39, 0.29) is 0 Å². The van der Waals surface area contributed by atoms with Gasteiger partial charge in [-0.25, -0.2) is 4.79 Å². The zero-order valence-corrected chi connectivity index (χ0v) is 11.8. The minimum atomic E-state index is -0.512. The third-order valence-electron chi connectivity index (χ3n) is 2.47. The summed E-state index contributed by atoms with van der Waals surface area (Å²) in [6.45, 7) is 5.77. The number of carbonyl (C=O) groups excluding carboxylic acids is 1. The van der Waals surface area contributed by atoms with Gasteiger partial charge in [0.05, 0.1) is 24.1 Å². The van der Waals surface area contributed by atoms with E-state index in [1.54, 1.807) is 12.4 Å². The van der Waals surface area contributed by atoms with Crippen LogP contribution in [0.15, 0.2) is 30.6 Å². The Morgan fingerprint density at radius 1 is 1.40 bits per heavy atom. The number of pyridine rings is 1. The van der Waals surface area contributed by atoms with Gasteiger partial charge in [-0.15, -0.1) is 0 Å². The average molecular weight is 274 g/mol. The van der Waals surface area contributed by atoms with Gasteiger partial charge in [0.15, 0.2) is 0 Å². The standard InChI is InChI=1S/C14H18N4O2/c1-14(2,3)20-13(19)16-9-12-10(8-17-18-12)11-6-4-5-7-15-11/h4-8H,9H2,1-3H3,(H,16,19)(H,17,18). The summed E-state index contributed by atoms with van der Waals surface area (Å²) in [5, 5.41) is 9.55. The van der Waals surface area contributed by atoms with Crippen LogP contribution in [0.4, 0.5) is 4.79 Å². The van der Waals surface area contributed by atoms with Crippen molar-refractivity contribution in [3.05, 3.63) is 36.3 Å². The summed E-state index contributed by atoms with van der Waals surface area (Å²) in [6.07, 6.45) is 2.95. The molecule has 0 unspecified atom stereocenters. The summed E-state index contributed by atoms with van der Waals surface area (Å²) >= 11 is 0. The van der Waals surface area contributed by atoms with Crippen LogP contribution in [-0.2, 0) is 11.3 Å². The molecule has 0 aliphatic heterocycles. The number of nitrogens with zero attached hydrogens (tertiary/aromatic N) is 2. The van der Waals surface area contributed by atoms with E-state index in [2.05, 4.69) is 20.5 Å². The van der Waals surface area contributed by atoms with Crippen molar-refractivity contribution in [3.63, 3.8) is 0 Å². The van der Waals surface area contributed by atoms with Crippen molar-refractivity contribution >= 4 is 6.09 Å². The molecular formula is C14H18N4O2. The Labute approximate surface area is 117 Å². The van der Waals surface area contributed by atoms with Gasteiger partial charge in [0.2, 0.25) is 0 Å². The van der Waals surface area contributed by atoms with Gasteiger partial charge < -0.3 is 10.1 Å². The number of aromatic nitrogens is 3. The lowest BCUT2D eigenvalue weighted by Gasteiger charge is -2.19. The minimum Gasteiger partial charge on any atom is -0.444 e. The smallest absolute Gasteiger partial charge is 0.407 e. The molecular weight excluding hydrogens is 256 g/mol. The summed E-state index contributed by atoms with van der Waals surface area (Å²) in [7, 11) is 0. The lowest BCUT2D eigenvalue weighted by Crippen LogP contribution is -2.32. The number of alkyl carbamates (subject to hydrolysis) is 1. The second-order valence-electron chi connectivity index (χ2n) is 5.33. The number of H-pyrrole nitrogens is 1. The van der Waals surface area contributed by atoms with Crippen molar-refractivity contribution < 1.29 is 9.53 Å². The highest BCUT2D eigenvalue weighted by Gasteiger charge is 2.16. The van der Waals surface area contributed by atoms with Crippen LogP contribution >= 0.6 is 0 Å². The van der Waals surface area contributed by atoms with E-state index < -0.39 is 11.7 Å². The van der Waals surface area contributed by atoms with Crippen LogP contribution in [0.3, 0.4) is 0 Å². The normalized spacial score (nSPS) is 11.2. The van der Waals surface area contributed by atoms with E-state index in [0.717, 1.165) is 17.0 Å². The van der Waals surface area contributed by atoms with E-state index >= 15 is 0 Å². The number of amides is 1. The Hall–Kier alpha value is -2.37. The van der Waals surface area contributed by atoms with Crippen molar-refractivity contribution in [3.8, 4) is 11.3 Å². The molecule has 0 fully saturated rings. The fourth-order valence-electron chi connectivity index (χ4n) is 1.67. The third kappa shape index (κ3) is 3.81. The molecule has 0 saturated heterocycles. The Morgan fingerprint density at radius 3 is 2.85 bits per heavy atom. The molecule has 0 spiro atoms. The summed E-state index contributed by atoms with van der Waals surface area (Å²) in [5.74, 6) is 0. The van der Waals surface area contributed by atoms with E-state index in [4.69, 9.17) is 4.74 Å². The van der Waals surface area contributed by atoms with Gasteiger partial charge in [-0.3, -0.25) is 10.1 Å². The maximum Gasteiger partial charge on any atom is 0.407 e. The first kappa shape index (κ1) is 14.0. The maximum atomic E-state index is 11.6. The third-order valence-corrected chi connectivity index (χ3v) is 2.47. The van der Waals surface area contributed by atoms with E-state index in [0.29, 0.717) is 6.54 Å². The topological polar surface area (TPSA) is 79.9 Å². The van der Waals surface area contributed by atoms with Crippen molar-refractivity contribution in [1.82, 2.24) is 20.5 Å². The predicted octanol–water partition coefficient (Wildman–Crippen LogP) is 2.50. The highest BCUT2D eigenvalue weighted by Crippen LogP contribution is 2.19. The van der Waals surface area contributed by atoms with Crippen molar-refractivity contribution in [2.24, 2.45) is 0 Å². The van der Waals surface area contributed by atoms with Gasteiger partial charge in [-0.1, -0.05) is 6.07 Å². The molecule has 106 valence electrons. The Kier molecular flexibility index (Phi) is 4.02. The van der Waals surface area contributed by atoms with Crippen molar-refractivity contribution in [2.45, 2.75) is 32.9 Å². The summed E-state index contributed by atoms with van der Waals surface area (Å²) in [4.78, 5) is 15.9. The first-order valence-corrected chi connectivity index (χ1v) is 6.36. The van der Waals surface area contributed by atoms with Gasteiger partial charge in [0.1, 0.15) is 5.60 Å². The SMILES string of the molecule is CC(C)(C)OC(=O)NCc1[nH]ncc1-c1ccccn1. The molecule has 0 atom stereocenters. The summed E-state index contributed by atoms with van der Waals surface area (Å²) in [6, 6.07) is 5.64. The van der Waals surface area contributed by atoms with Crippen LogP contribution in [0, 0.1) is 0 Å². The number of ether oxygens (including phenoxy) is 1. The van der Waals surface area contributed by atoms with Crippen LogP contribution in [0.5, 0.6) is 0 Å². The fraction of sp³-hybridized carbons (Fsp3) is 0.357. The number of rotatable bonds is 3. The van der Waals surface area contributed by atoms with E-state index in [9.17, 15) is 4.79 Å². The predicted molar refractivity (Wildman–Crippen MR) is 74.9 cm³/mol. The van der Waals surface area contributed by atoms with Gasteiger partial charge in [-0.05, 0) is 32.9 Å². The molecule has 2 aromatic rings. The fourth-order valence-corrected chi connectivity index (χ4v) is 1.67.